The molecule has 0 aromatic heterocycles. The van der Waals surface area contributed by atoms with Crippen molar-refractivity contribution >= 4 is 17.7 Å². The first-order valence-corrected chi connectivity index (χ1v) is 5.93. The molecule has 0 aromatic carbocycles. The second kappa shape index (κ2) is 9.30. The summed E-state index contributed by atoms with van der Waals surface area (Å²) in [6.45, 7) is 2.50. The number of aliphatic hydroxyl groups excluding tert-OH is 1. The van der Waals surface area contributed by atoms with Gasteiger partial charge in [0.25, 0.3) is 0 Å². The van der Waals surface area contributed by atoms with E-state index in [-0.39, 0.29) is 25.1 Å². The zero-order valence-corrected chi connectivity index (χ0v) is 9.39. The average Bonchev–Trinajstić information content (AvgIpc) is 2.20. The van der Waals surface area contributed by atoms with Gasteiger partial charge in [0.2, 0.25) is 0 Å². The molecule has 0 radical (unpaired) electrons. The van der Waals surface area contributed by atoms with Crippen molar-refractivity contribution in [1.82, 2.24) is 0 Å². The van der Waals surface area contributed by atoms with Crippen LogP contribution in [-0.4, -0.2) is 42.3 Å². The van der Waals surface area contributed by atoms with Gasteiger partial charge in [0.1, 0.15) is 6.61 Å². The first kappa shape index (κ1) is 13.7. The molecule has 0 rings (SSSR count). The number of esters is 1. The van der Waals surface area contributed by atoms with Crippen LogP contribution < -0.4 is 5.73 Å². The number of hydrogen-bond acceptors (Lipinski definition) is 5. The van der Waals surface area contributed by atoms with Crippen molar-refractivity contribution in [2.75, 3.05) is 31.3 Å². The maximum Gasteiger partial charge on any atom is 0.308 e. The zero-order valence-electron chi connectivity index (χ0n) is 8.57. The second-order valence-corrected chi connectivity index (χ2v) is 4.21. The second-order valence-electron chi connectivity index (χ2n) is 2.98. The third-order valence-corrected chi connectivity index (χ3v) is 2.74. The van der Waals surface area contributed by atoms with Gasteiger partial charge >= 0.3 is 5.97 Å². The van der Waals surface area contributed by atoms with Crippen molar-refractivity contribution in [1.29, 1.82) is 0 Å². The fourth-order valence-corrected chi connectivity index (χ4v) is 1.74. The highest BCUT2D eigenvalue weighted by molar-refractivity contribution is 7.99. The number of rotatable bonds is 8. The van der Waals surface area contributed by atoms with E-state index in [9.17, 15) is 4.79 Å². The van der Waals surface area contributed by atoms with E-state index in [2.05, 4.69) is 0 Å². The fourth-order valence-electron chi connectivity index (χ4n) is 0.852. The summed E-state index contributed by atoms with van der Waals surface area (Å²) >= 11 is 1.74. The van der Waals surface area contributed by atoms with E-state index in [1.54, 1.807) is 11.8 Å². The van der Waals surface area contributed by atoms with Gasteiger partial charge in [-0.25, -0.2) is 0 Å². The molecule has 0 aliphatic rings. The Balaban J connectivity index is 3.42. The van der Waals surface area contributed by atoms with E-state index in [1.165, 1.54) is 0 Å². The molecule has 5 heteroatoms. The lowest BCUT2D eigenvalue weighted by atomic mass is 10.1. The molecule has 0 aliphatic heterocycles. The normalized spacial score (nSPS) is 12.5. The molecule has 1 unspecified atom stereocenters. The van der Waals surface area contributed by atoms with Crippen LogP contribution in [0.4, 0.5) is 0 Å². The van der Waals surface area contributed by atoms with Crippen LogP contribution in [0.3, 0.4) is 0 Å². The largest absolute Gasteiger partial charge is 0.463 e. The highest BCUT2D eigenvalue weighted by Crippen LogP contribution is 2.10. The van der Waals surface area contributed by atoms with Gasteiger partial charge in [-0.1, -0.05) is 6.92 Å². The third-order valence-electron chi connectivity index (χ3n) is 1.70. The first-order chi connectivity index (χ1) is 6.72. The standard InChI is InChI=1S/C9H19NO3S/c1-8(2-6-14-7-3-10)9(12)13-5-4-11/h8,11H,2-7,10H2,1H3. The van der Waals surface area contributed by atoms with Gasteiger partial charge in [0.05, 0.1) is 12.5 Å². The quantitative estimate of drug-likeness (QED) is 0.454. The Labute approximate surface area is 89.2 Å². The molecule has 3 N–H and O–H groups in total. The van der Waals surface area contributed by atoms with Gasteiger partial charge in [-0.15, -0.1) is 0 Å². The molecule has 14 heavy (non-hydrogen) atoms. The maximum absolute atomic E-state index is 11.2. The molecular formula is C9H19NO3S. The predicted molar refractivity (Wildman–Crippen MR) is 58.2 cm³/mol. The van der Waals surface area contributed by atoms with Crippen LogP contribution in [0.1, 0.15) is 13.3 Å². The summed E-state index contributed by atoms with van der Waals surface area (Å²) in [5.74, 6) is 1.53. The Morgan fingerprint density at radius 1 is 1.57 bits per heavy atom. The molecule has 0 saturated carbocycles. The first-order valence-electron chi connectivity index (χ1n) is 4.77. The van der Waals surface area contributed by atoms with Crippen LogP contribution in [0.5, 0.6) is 0 Å². The summed E-state index contributed by atoms with van der Waals surface area (Å²) in [5, 5.41) is 8.45. The van der Waals surface area contributed by atoms with Gasteiger partial charge in [-0.3, -0.25) is 4.79 Å². The van der Waals surface area contributed by atoms with Crippen molar-refractivity contribution < 1.29 is 14.6 Å². The number of carbonyl (C=O) groups excluding carboxylic acids is 1. The van der Waals surface area contributed by atoms with Gasteiger partial charge in [-0.2, -0.15) is 11.8 Å². The van der Waals surface area contributed by atoms with Gasteiger partial charge < -0.3 is 15.6 Å². The van der Waals surface area contributed by atoms with Crippen LogP contribution in [0.2, 0.25) is 0 Å². The minimum absolute atomic E-state index is 0.0909. The van der Waals surface area contributed by atoms with Crippen LogP contribution in [0, 0.1) is 5.92 Å². The molecule has 0 aliphatic carbocycles. The van der Waals surface area contributed by atoms with E-state index < -0.39 is 0 Å². The number of aliphatic hydroxyl groups is 1. The van der Waals surface area contributed by atoms with Gasteiger partial charge in [-0.05, 0) is 12.2 Å². The number of hydrogen-bond donors (Lipinski definition) is 2. The van der Waals surface area contributed by atoms with Crippen LogP contribution in [0.15, 0.2) is 0 Å². The minimum atomic E-state index is -0.229. The van der Waals surface area contributed by atoms with Crippen molar-refractivity contribution in [2.24, 2.45) is 11.7 Å². The molecule has 1 atom stereocenters. The molecule has 0 saturated heterocycles. The lowest BCUT2D eigenvalue weighted by Gasteiger charge is -2.09. The number of nitrogens with two attached hydrogens (primary N) is 1. The van der Waals surface area contributed by atoms with E-state index in [0.29, 0.717) is 6.54 Å². The third kappa shape index (κ3) is 7.17. The van der Waals surface area contributed by atoms with Crippen molar-refractivity contribution in [3.63, 3.8) is 0 Å². The molecule has 0 spiro atoms. The predicted octanol–water partition coefficient (Wildman–Crippen LogP) is 0.240. The lowest BCUT2D eigenvalue weighted by Crippen LogP contribution is -2.17. The molecule has 0 heterocycles. The Bertz CT molecular complexity index is 155. The maximum atomic E-state index is 11.2. The lowest BCUT2D eigenvalue weighted by molar-refractivity contribution is -0.148. The summed E-state index contributed by atoms with van der Waals surface area (Å²) in [4.78, 5) is 11.2. The van der Waals surface area contributed by atoms with Gasteiger partial charge in [0.15, 0.2) is 0 Å². The molecule has 0 amide bonds. The topological polar surface area (TPSA) is 72.6 Å². The summed E-state index contributed by atoms with van der Waals surface area (Å²) in [5.41, 5.74) is 5.33. The van der Waals surface area contributed by atoms with Crippen LogP contribution in [0.25, 0.3) is 0 Å². The Kier molecular flexibility index (Phi) is 9.13. The Morgan fingerprint density at radius 3 is 2.86 bits per heavy atom. The summed E-state index contributed by atoms with van der Waals surface area (Å²) in [6, 6.07) is 0. The molecule has 4 nitrogen and oxygen atoms in total. The monoisotopic (exact) mass is 221 g/mol. The highest BCUT2D eigenvalue weighted by atomic mass is 32.2. The Hall–Kier alpha value is -0.260. The SMILES string of the molecule is CC(CCSCCN)C(=O)OCCO. The molecule has 0 bridgehead atoms. The van der Waals surface area contributed by atoms with Crippen LogP contribution >= 0.6 is 11.8 Å². The van der Waals surface area contributed by atoms with Crippen LogP contribution in [-0.2, 0) is 9.53 Å². The zero-order chi connectivity index (χ0) is 10.8. The minimum Gasteiger partial charge on any atom is -0.463 e. The number of carbonyl (C=O) groups is 1. The number of thioether (sulfide) groups is 1. The van der Waals surface area contributed by atoms with E-state index in [1.807, 2.05) is 6.92 Å². The van der Waals surface area contributed by atoms with E-state index in [0.717, 1.165) is 17.9 Å². The molecule has 0 fully saturated rings. The number of ether oxygens (including phenoxy) is 1. The van der Waals surface area contributed by atoms with Gasteiger partial charge in [0, 0.05) is 12.3 Å². The summed E-state index contributed by atoms with van der Waals surface area (Å²) in [6.07, 6.45) is 0.801. The smallest absolute Gasteiger partial charge is 0.308 e. The molecule has 0 aromatic rings. The van der Waals surface area contributed by atoms with Crippen molar-refractivity contribution in [2.45, 2.75) is 13.3 Å². The molecule has 84 valence electrons. The van der Waals surface area contributed by atoms with E-state index >= 15 is 0 Å². The summed E-state index contributed by atoms with van der Waals surface area (Å²) < 4.78 is 4.79. The average molecular weight is 221 g/mol. The van der Waals surface area contributed by atoms with Crippen molar-refractivity contribution in [3.05, 3.63) is 0 Å². The fraction of sp³-hybridized carbons (Fsp3) is 0.889. The Morgan fingerprint density at radius 2 is 2.29 bits per heavy atom. The van der Waals surface area contributed by atoms with Crippen molar-refractivity contribution in [3.8, 4) is 0 Å². The highest BCUT2D eigenvalue weighted by Gasteiger charge is 2.13. The summed E-state index contributed by atoms with van der Waals surface area (Å²) in [7, 11) is 0. The van der Waals surface area contributed by atoms with E-state index in [4.69, 9.17) is 15.6 Å². The molecular weight excluding hydrogens is 202 g/mol.